The topological polar surface area (TPSA) is 39.9 Å². The Hall–Kier alpha value is -1.79. The van der Waals surface area contributed by atoms with Crippen LogP contribution in [0.3, 0.4) is 0 Å². The first kappa shape index (κ1) is 17.0. The summed E-state index contributed by atoms with van der Waals surface area (Å²) >= 11 is 3.47. The Balaban J connectivity index is 1.80. The summed E-state index contributed by atoms with van der Waals surface area (Å²) in [7, 11) is 3.73. The molecule has 3 rings (SSSR count). The minimum Gasteiger partial charge on any atom is -0.497 e. The van der Waals surface area contributed by atoms with Gasteiger partial charge in [-0.05, 0) is 36.6 Å². The van der Waals surface area contributed by atoms with Crippen molar-refractivity contribution in [2.24, 2.45) is 7.05 Å². The summed E-state index contributed by atoms with van der Waals surface area (Å²) in [5.41, 5.74) is 3.80. The standard InChI is InChI=1S/C18H21N3OS2/c1-5-15-12(2)23-11-16(15)17-19-20-18(21(17)3)24-10-13-7-6-8-14(9-13)22-4/h6-9,11H,5,10H2,1-4H3. The van der Waals surface area contributed by atoms with Crippen LogP contribution >= 0.6 is 23.1 Å². The minimum atomic E-state index is 0.840. The summed E-state index contributed by atoms with van der Waals surface area (Å²) in [5, 5.41) is 11.9. The molecule has 24 heavy (non-hydrogen) atoms. The molecule has 2 heterocycles. The highest BCUT2D eigenvalue weighted by molar-refractivity contribution is 7.98. The second-order valence-corrected chi connectivity index (χ2v) is 7.57. The van der Waals surface area contributed by atoms with Crippen LogP contribution in [0.2, 0.25) is 0 Å². The summed E-state index contributed by atoms with van der Waals surface area (Å²) in [6.45, 7) is 4.36. The van der Waals surface area contributed by atoms with Crippen LogP contribution in [0.15, 0.2) is 34.8 Å². The second-order valence-electron chi connectivity index (χ2n) is 5.54. The number of methoxy groups -OCH3 is 1. The Morgan fingerprint density at radius 2 is 2.12 bits per heavy atom. The number of benzene rings is 1. The van der Waals surface area contributed by atoms with E-state index in [2.05, 4.69) is 46.1 Å². The van der Waals surface area contributed by atoms with E-state index >= 15 is 0 Å². The van der Waals surface area contributed by atoms with Gasteiger partial charge in [0.2, 0.25) is 0 Å². The average molecular weight is 360 g/mol. The van der Waals surface area contributed by atoms with E-state index in [1.807, 2.05) is 19.2 Å². The zero-order valence-corrected chi connectivity index (χ0v) is 16.0. The van der Waals surface area contributed by atoms with Crippen LogP contribution in [0, 0.1) is 6.92 Å². The smallest absolute Gasteiger partial charge is 0.191 e. The molecule has 2 aromatic heterocycles. The van der Waals surface area contributed by atoms with Crippen LogP contribution in [0.25, 0.3) is 11.4 Å². The molecular formula is C18H21N3OS2. The molecule has 0 fully saturated rings. The molecule has 0 N–H and O–H groups in total. The molecule has 0 aliphatic heterocycles. The number of hydrogen-bond acceptors (Lipinski definition) is 5. The molecule has 4 nitrogen and oxygen atoms in total. The largest absolute Gasteiger partial charge is 0.497 e. The minimum absolute atomic E-state index is 0.840. The lowest BCUT2D eigenvalue weighted by atomic mass is 10.1. The van der Waals surface area contributed by atoms with Crippen molar-refractivity contribution >= 4 is 23.1 Å². The van der Waals surface area contributed by atoms with Crippen molar-refractivity contribution in [3.63, 3.8) is 0 Å². The lowest BCUT2D eigenvalue weighted by molar-refractivity contribution is 0.414. The molecule has 0 saturated carbocycles. The Labute approximate surface area is 150 Å². The molecule has 0 unspecified atom stereocenters. The van der Waals surface area contributed by atoms with Crippen LogP contribution in [0.4, 0.5) is 0 Å². The average Bonchev–Trinajstić information content (AvgIpc) is 3.15. The maximum atomic E-state index is 5.28. The molecule has 0 atom stereocenters. The van der Waals surface area contributed by atoms with E-state index in [4.69, 9.17) is 4.74 Å². The number of hydrogen-bond donors (Lipinski definition) is 0. The summed E-state index contributed by atoms with van der Waals surface area (Å²) < 4.78 is 7.37. The highest BCUT2D eigenvalue weighted by Gasteiger charge is 2.16. The number of aromatic nitrogens is 3. The van der Waals surface area contributed by atoms with E-state index in [-0.39, 0.29) is 0 Å². The van der Waals surface area contributed by atoms with Gasteiger partial charge in [-0.1, -0.05) is 30.8 Å². The number of thioether (sulfide) groups is 1. The van der Waals surface area contributed by atoms with Gasteiger partial charge in [0, 0.05) is 28.6 Å². The quantitative estimate of drug-likeness (QED) is 0.597. The molecule has 0 radical (unpaired) electrons. The van der Waals surface area contributed by atoms with E-state index in [9.17, 15) is 0 Å². The van der Waals surface area contributed by atoms with Crippen molar-refractivity contribution in [1.82, 2.24) is 14.8 Å². The third kappa shape index (κ3) is 3.35. The molecule has 0 amide bonds. The third-order valence-electron chi connectivity index (χ3n) is 4.04. The number of ether oxygens (including phenoxy) is 1. The van der Waals surface area contributed by atoms with E-state index < -0.39 is 0 Å². The zero-order valence-electron chi connectivity index (χ0n) is 14.4. The van der Waals surface area contributed by atoms with Crippen LogP contribution in [-0.2, 0) is 19.2 Å². The molecule has 1 aromatic carbocycles. The Morgan fingerprint density at radius 3 is 2.88 bits per heavy atom. The fourth-order valence-electron chi connectivity index (χ4n) is 2.69. The van der Waals surface area contributed by atoms with Crippen molar-refractivity contribution in [3.05, 3.63) is 45.6 Å². The number of nitrogens with zero attached hydrogens (tertiary/aromatic N) is 3. The molecule has 3 aromatic rings. The van der Waals surface area contributed by atoms with E-state index in [0.29, 0.717) is 0 Å². The van der Waals surface area contributed by atoms with Crippen molar-refractivity contribution in [2.45, 2.75) is 31.2 Å². The molecule has 0 aliphatic rings. The summed E-state index contributed by atoms with van der Waals surface area (Å²) in [4.78, 5) is 1.36. The molecule has 6 heteroatoms. The highest BCUT2D eigenvalue weighted by Crippen LogP contribution is 2.32. The third-order valence-corrected chi connectivity index (χ3v) is 6.08. The molecule has 0 spiro atoms. The first-order chi connectivity index (χ1) is 11.6. The van der Waals surface area contributed by atoms with Gasteiger partial charge in [-0.3, -0.25) is 0 Å². The Bertz CT molecular complexity index is 839. The SMILES string of the molecule is CCc1c(-c2nnc(SCc3cccc(OC)c3)n2C)csc1C. The normalized spacial score (nSPS) is 11.0. The van der Waals surface area contributed by atoms with E-state index in [0.717, 1.165) is 28.9 Å². The van der Waals surface area contributed by atoms with Crippen molar-refractivity contribution < 1.29 is 4.74 Å². The predicted octanol–water partition coefficient (Wildman–Crippen LogP) is 4.72. The lowest BCUT2D eigenvalue weighted by Gasteiger charge is -2.06. The summed E-state index contributed by atoms with van der Waals surface area (Å²) in [5.74, 6) is 2.67. The van der Waals surface area contributed by atoms with Gasteiger partial charge in [0.1, 0.15) is 5.75 Å². The van der Waals surface area contributed by atoms with Crippen molar-refractivity contribution in [2.75, 3.05) is 7.11 Å². The Kier molecular flexibility index (Phi) is 5.26. The number of thiophene rings is 1. The van der Waals surface area contributed by atoms with Gasteiger partial charge in [-0.15, -0.1) is 21.5 Å². The van der Waals surface area contributed by atoms with E-state index in [1.165, 1.54) is 21.6 Å². The van der Waals surface area contributed by atoms with Crippen LogP contribution in [-0.4, -0.2) is 21.9 Å². The van der Waals surface area contributed by atoms with Gasteiger partial charge in [-0.25, -0.2) is 0 Å². The van der Waals surface area contributed by atoms with Gasteiger partial charge < -0.3 is 9.30 Å². The lowest BCUT2D eigenvalue weighted by Crippen LogP contribution is -1.96. The van der Waals surface area contributed by atoms with Gasteiger partial charge in [0.25, 0.3) is 0 Å². The first-order valence-electron chi connectivity index (χ1n) is 7.86. The van der Waals surface area contributed by atoms with Crippen LogP contribution in [0.5, 0.6) is 5.75 Å². The monoisotopic (exact) mass is 359 g/mol. The first-order valence-corrected chi connectivity index (χ1v) is 9.73. The van der Waals surface area contributed by atoms with Gasteiger partial charge in [0.05, 0.1) is 7.11 Å². The summed E-state index contributed by atoms with van der Waals surface area (Å²) in [6, 6.07) is 8.13. The fraction of sp³-hybridized carbons (Fsp3) is 0.333. The highest BCUT2D eigenvalue weighted by atomic mass is 32.2. The maximum absolute atomic E-state index is 5.28. The van der Waals surface area contributed by atoms with Crippen molar-refractivity contribution in [3.8, 4) is 17.1 Å². The molecule has 0 aliphatic carbocycles. The molecular weight excluding hydrogens is 338 g/mol. The fourth-order valence-corrected chi connectivity index (χ4v) is 4.48. The molecule has 0 saturated heterocycles. The van der Waals surface area contributed by atoms with Crippen molar-refractivity contribution in [1.29, 1.82) is 0 Å². The van der Waals surface area contributed by atoms with Gasteiger partial charge >= 0.3 is 0 Å². The summed E-state index contributed by atoms with van der Waals surface area (Å²) in [6.07, 6.45) is 1.02. The maximum Gasteiger partial charge on any atom is 0.191 e. The van der Waals surface area contributed by atoms with Crippen LogP contribution in [0.1, 0.15) is 22.9 Å². The number of aryl methyl sites for hydroxylation is 1. The Morgan fingerprint density at radius 1 is 1.29 bits per heavy atom. The molecule has 0 bridgehead atoms. The zero-order chi connectivity index (χ0) is 17.1. The predicted molar refractivity (Wildman–Crippen MR) is 101 cm³/mol. The van der Waals surface area contributed by atoms with Crippen LogP contribution < -0.4 is 4.74 Å². The molecule has 126 valence electrons. The van der Waals surface area contributed by atoms with Gasteiger partial charge in [-0.2, -0.15) is 0 Å². The number of rotatable bonds is 6. The second kappa shape index (κ2) is 7.40. The van der Waals surface area contributed by atoms with Gasteiger partial charge in [0.15, 0.2) is 11.0 Å². The van der Waals surface area contributed by atoms with E-state index in [1.54, 1.807) is 30.2 Å².